The molecule has 4 rings (SSSR count). The van der Waals surface area contributed by atoms with E-state index >= 15 is 0 Å². The van der Waals surface area contributed by atoms with Crippen LogP contribution in [0.15, 0.2) is 71.6 Å². The summed E-state index contributed by atoms with van der Waals surface area (Å²) in [7, 11) is 0. The molecule has 0 aliphatic rings. The van der Waals surface area contributed by atoms with Crippen LogP contribution < -0.4 is 0 Å². The van der Waals surface area contributed by atoms with Gasteiger partial charge < -0.3 is 10.1 Å². The SMILES string of the molecule is CSc1ccc(/C=C/c2nc3ccc(-c4ccccc4C(C)(C)O)cc3[nH]2)cc1. The first kappa shape index (κ1) is 19.5. The number of hydrogen-bond donors (Lipinski definition) is 2. The van der Waals surface area contributed by atoms with Gasteiger partial charge in [-0.25, -0.2) is 4.98 Å². The number of aliphatic hydroxyl groups is 1. The number of thioether (sulfide) groups is 1. The molecule has 146 valence electrons. The van der Waals surface area contributed by atoms with Gasteiger partial charge in [-0.1, -0.05) is 48.5 Å². The van der Waals surface area contributed by atoms with Gasteiger partial charge in [-0.15, -0.1) is 11.8 Å². The Morgan fingerprint density at radius 2 is 1.72 bits per heavy atom. The molecule has 0 radical (unpaired) electrons. The molecular formula is C25H24N2OS. The van der Waals surface area contributed by atoms with Crippen molar-refractivity contribution in [3.63, 3.8) is 0 Å². The van der Waals surface area contributed by atoms with Crippen molar-refractivity contribution in [1.29, 1.82) is 0 Å². The fourth-order valence-corrected chi connectivity index (χ4v) is 3.84. The van der Waals surface area contributed by atoms with Crippen LogP contribution in [0.5, 0.6) is 0 Å². The van der Waals surface area contributed by atoms with Crippen LogP contribution in [0.4, 0.5) is 0 Å². The number of imidazole rings is 1. The van der Waals surface area contributed by atoms with E-state index in [1.165, 1.54) is 4.90 Å². The number of nitrogens with zero attached hydrogens (tertiary/aromatic N) is 1. The molecule has 4 heteroatoms. The van der Waals surface area contributed by atoms with Crippen LogP contribution in [0.1, 0.15) is 30.8 Å². The Morgan fingerprint density at radius 3 is 2.45 bits per heavy atom. The van der Waals surface area contributed by atoms with Crippen molar-refractivity contribution in [3.8, 4) is 11.1 Å². The molecule has 3 aromatic carbocycles. The topological polar surface area (TPSA) is 48.9 Å². The number of aromatic nitrogens is 2. The number of benzene rings is 3. The van der Waals surface area contributed by atoms with Crippen molar-refractivity contribution in [2.45, 2.75) is 24.3 Å². The summed E-state index contributed by atoms with van der Waals surface area (Å²) in [5, 5.41) is 10.5. The Labute approximate surface area is 175 Å². The van der Waals surface area contributed by atoms with Gasteiger partial charge in [0.15, 0.2) is 0 Å². The van der Waals surface area contributed by atoms with E-state index in [-0.39, 0.29) is 0 Å². The second-order valence-corrected chi connectivity index (χ2v) is 8.44. The number of aromatic amines is 1. The van der Waals surface area contributed by atoms with Gasteiger partial charge in [-0.05, 0) is 72.7 Å². The largest absolute Gasteiger partial charge is 0.386 e. The lowest BCUT2D eigenvalue weighted by molar-refractivity contribution is 0.0792. The van der Waals surface area contributed by atoms with Crippen molar-refractivity contribution in [3.05, 3.63) is 83.7 Å². The second-order valence-electron chi connectivity index (χ2n) is 7.57. The minimum atomic E-state index is -0.904. The molecule has 0 fully saturated rings. The minimum Gasteiger partial charge on any atom is -0.386 e. The van der Waals surface area contributed by atoms with E-state index in [0.29, 0.717) is 0 Å². The maximum absolute atomic E-state index is 10.5. The standard InChI is InChI=1S/C25H24N2OS/c1-25(2,28)21-7-5-4-6-20(21)18-11-14-22-23(16-18)27-24(26-22)15-10-17-8-12-19(29-3)13-9-17/h4-16,28H,1-3H3,(H,26,27)/b15-10+. The van der Waals surface area contributed by atoms with Gasteiger partial charge in [-0.2, -0.15) is 0 Å². The van der Waals surface area contributed by atoms with Gasteiger partial charge in [-0.3, -0.25) is 0 Å². The van der Waals surface area contributed by atoms with Gasteiger partial charge in [0.1, 0.15) is 5.82 Å². The van der Waals surface area contributed by atoms with Gasteiger partial charge in [0, 0.05) is 4.90 Å². The molecule has 0 amide bonds. The Kier molecular flexibility index (Phi) is 5.31. The highest BCUT2D eigenvalue weighted by Gasteiger charge is 2.20. The van der Waals surface area contributed by atoms with Crippen molar-refractivity contribution in [2.75, 3.05) is 6.26 Å². The van der Waals surface area contributed by atoms with Crippen LogP contribution in [0.25, 0.3) is 34.3 Å². The second kappa shape index (κ2) is 7.90. The summed E-state index contributed by atoms with van der Waals surface area (Å²) in [5.74, 6) is 0.821. The minimum absolute atomic E-state index is 0.821. The average molecular weight is 401 g/mol. The Bertz CT molecular complexity index is 1170. The summed E-state index contributed by atoms with van der Waals surface area (Å²) in [6.07, 6.45) is 6.14. The number of hydrogen-bond acceptors (Lipinski definition) is 3. The van der Waals surface area contributed by atoms with Crippen LogP contribution in [0.3, 0.4) is 0 Å². The lowest BCUT2D eigenvalue weighted by atomic mass is 9.89. The molecule has 0 aliphatic heterocycles. The number of fused-ring (bicyclic) bond motifs is 1. The molecule has 4 aromatic rings. The lowest BCUT2D eigenvalue weighted by Crippen LogP contribution is -2.16. The van der Waals surface area contributed by atoms with Crippen LogP contribution in [-0.2, 0) is 5.60 Å². The third kappa shape index (κ3) is 4.29. The highest BCUT2D eigenvalue weighted by Crippen LogP contribution is 2.32. The highest BCUT2D eigenvalue weighted by atomic mass is 32.2. The molecule has 0 spiro atoms. The predicted molar refractivity (Wildman–Crippen MR) is 124 cm³/mol. The maximum Gasteiger partial charge on any atom is 0.131 e. The third-order valence-corrected chi connectivity index (χ3v) is 5.69. The molecule has 0 bridgehead atoms. The first-order valence-corrected chi connectivity index (χ1v) is 10.8. The molecule has 1 heterocycles. The van der Waals surface area contributed by atoms with Gasteiger partial charge in [0.25, 0.3) is 0 Å². The van der Waals surface area contributed by atoms with E-state index in [4.69, 9.17) is 0 Å². The predicted octanol–water partition coefficient (Wildman–Crippen LogP) is 6.35. The Hall–Kier alpha value is -2.82. The molecule has 2 N–H and O–H groups in total. The van der Waals surface area contributed by atoms with Crippen LogP contribution >= 0.6 is 11.8 Å². The highest BCUT2D eigenvalue weighted by molar-refractivity contribution is 7.98. The molecule has 0 saturated carbocycles. The van der Waals surface area contributed by atoms with E-state index in [9.17, 15) is 5.11 Å². The number of rotatable bonds is 5. The van der Waals surface area contributed by atoms with E-state index in [0.717, 1.165) is 39.1 Å². The first-order valence-electron chi connectivity index (χ1n) is 9.58. The maximum atomic E-state index is 10.5. The zero-order valence-corrected chi connectivity index (χ0v) is 17.6. The van der Waals surface area contributed by atoms with Crippen molar-refractivity contribution in [1.82, 2.24) is 9.97 Å². The summed E-state index contributed by atoms with van der Waals surface area (Å²) in [6.45, 7) is 3.63. The van der Waals surface area contributed by atoms with Crippen LogP contribution in [0, 0.1) is 0 Å². The van der Waals surface area contributed by atoms with Gasteiger partial charge >= 0.3 is 0 Å². The van der Waals surface area contributed by atoms with E-state index < -0.39 is 5.60 Å². The Balaban J connectivity index is 1.66. The summed E-state index contributed by atoms with van der Waals surface area (Å²) < 4.78 is 0. The molecule has 29 heavy (non-hydrogen) atoms. The van der Waals surface area contributed by atoms with Gasteiger partial charge in [0.2, 0.25) is 0 Å². The molecule has 1 aromatic heterocycles. The molecule has 3 nitrogen and oxygen atoms in total. The zero-order chi connectivity index (χ0) is 20.4. The van der Waals surface area contributed by atoms with Crippen molar-refractivity contribution >= 4 is 34.9 Å². The van der Waals surface area contributed by atoms with E-state index in [1.807, 2.05) is 50.3 Å². The summed E-state index contributed by atoms with van der Waals surface area (Å²) in [4.78, 5) is 9.32. The monoisotopic (exact) mass is 400 g/mol. The first-order chi connectivity index (χ1) is 13.9. The van der Waals surface area contributed by atoms with Crippen LogP contribution in [-0.4, -0.2) is 21.3 Å². The average Bonchev–Trinajstić information content (AvgIpc) is 3.14. The number of H-pyrrole nitrogens is 1. The van der Waals surface area contributed by atoms with Crippen molar-refractivity contribution in [2.24, 2.45) is 0 Å². The fraction of sp³-hybridized carbons (Fsp3) is 0.160. The van der Waals surface area contributed by atoms with Gasteiger partial charge in [0.05, 0.1) is 16.6 Å². The summed E-state index contributed by atoms with van der Waals surface area (Å²) >= 11 is 1.74. The smallest absolute Gasteiger partial charge is 0.131 e. The third-order valence-electron chi connectivity index (χ3n) is 4.95. The molecule has 0 aliphatic carbocycles. The molecule has 0 saturated heterocycles. The van der Waals surface area contributed by atoms with Crippen LogP contribution in [0.2, 0.25) is 0 Å². The Morgan fingerprint density at radius 1 is 0.966 bits per heavy atom. The summed E-state index contributed by atoms with van der Waals surface area (Å²) in [5.41, 5.74) is 5.14. The van der Waals surface area contributed by atoms with E-state index in [2.05, 4.69) is 58.7 Å². The summed E-state index contributed by atoms with van der Waals surface area (Å²) in [6, 6.07) is 22.6. The zero-order valence-electron chi connectivity index (χ0n) is 16.8. The molecule has 0 unspecified atom stereocenters. The van der Waals surface area contributed by atoms with Crippen molar-refractivity contribution < 1.29 is 5.11 Å². The van der Waals surface area contributed by atoms with E-state index in [1.54, 1.807) is 11.8 Å². The molecular weight excluding hydrogens is 376 g/mol. The normalized spacial score (nSPS) is 12.1. The lowest BCUT2D eigenvalue weighted by Gasteiger charge is -2.21. The quantitative estimate of drug-likeness (QED) is 0.384. The molecule has 0 atom stereocenters. The fourth-order valence-electron chi connectivity index (χ4n) is 3.43. The number of nitrogens with one attached hydrogen (secondary N) is 1.